The first-order valence-electron chi connectivity index (χ1n) is 10.0. The maximum Gasteiger partial charge on any atom is 0.307 e. The van der Waals surface area contributed by atoms with Gasteiger partial charge in [-0.15, -0.1) is 0 Å². The number of non-ortho nitro benzene ring substituents is 1. The SMILES string of the molecule is CC(C)(CO)[C@@H](O)C(=O)NCCC(=O)OC[C@@H](NC(=O)C(Cl)Cl)[C@H](O)c1ccc([N+](=O)[O-])cc1. The molecule has 1 aromatic rings. The molecule has 0 aromatic heterocycles. The van der Waals surface area contributed by atoms with Gasteiger partial charge in [-0.1, -0.05) is 37.0 Å². The van der Waals surface area contributed by atoms with E-state index < -0.39 is 64.4 Å². The third-order valence-electron chi connectivity index (χ3n) is 4.80. The molecule has 0 heterocycles. The van der Waals surface area contributed by atoms with E-state index in [1.54, 1.807) is 0 Å². The number of aliphatic hydroxyl groups excluding tert-OH is 3. The summed E-state index contributed by atoms with van der Waals surface area (Å²) in [5, 5.41) is 45.2. The van der Waals surface area contributed by atoms with E-state index in [1.165, 1.54) is 26.0 Å². The van der Waals surface area contributed by atoms with Crippen molar-refractivity contribution >= 4 is 46.7 Å². The van der Waals surface area contributed by atoms with Gasteiger partial charge in [0.15, 0.2) is 4.84 Å². The number of hydrogen-bond acceptors (Lipinski definition) is 9. The number of hydrogen-bond donors (Lipinski definition) is 5. The Kier molecular flexibility index (Phi) is 11.6. The highest BCUT2D eigenvalue weighted by atomic mass is 35.5. The molecule has 14 heteroatoms. The molecule has 2 amide bonds. The summed E-state index contributed by atoms with van der Waals surface area (Å²) in [6.45, 7) is 1.87. The van der Waals surface area contributed by atoms with E-state index in [9.17, 15) is 39.8 Å². The van der Waals surface area contributed by atoms with Crippen LogP contribution in [-0.2, 0) is 19.1 Å². The van der Waals surface area contributed by atoms with E-state index in [-0.39, 0.29) is 24.2 Å². The van der Waals surface area contributed by atoms with Gasteiger partial charge < -0.3 is 30.7 Å². The van der Waals surface area contributed by atoms with Crippen LogP contribution in [0.3, 0.4) is 0 Å². The fourth-order valence-corrected chi connectivity index (χ4v) is 2.69. The molecule has 0 aliphatic rings. The van der Waals surface area contributed by atoms with Gasteiger partial charge in [-0.3, -0.25) is 24.5 Å². The van der Waals surface area contributed by atoms with Crippen LogP contribution in [0.5, 0.6) is 0 Å². The average Bonchev–Trinajstić information content (AvgIpc) is 2.80. The van der Waals surface area contributed by atoms with Gasteiger partial charge in [-0.2, -0.15) is 0 Å². The number of halogens is 2. The van der Waals surface area contributed by atoms with Crippen molar-refractivity contribution < 1.29 is 39.4 Å². The zero-order valence-electron chi connectivity index (χ0n) is 18.4. The molecule has 0 radical (unpaired) electrons. The topological polar surface area (TPSA) is 188 Å². The van der Waals surface area contributed by atoms with Crippen LogP contribution in [-0.4, -0.2) is 74.8 Å². The van der Waals surface area contributed by atoms with Gasteiger partial charge in [0.25, 0.3) is 11.6 Å². The molecule has 0 aliphatic carbocycles. The maximum atomic E-state index is 12.1. The quantitative estimate of drug-likeness (QED) is 0.105. The van der Waals surface area contributed by atoms with Gasteiger partial charge in [-0.05, 0) is 17.7 Å². The number of nitro benzene ring substituents is 1. The molecule has 0 fully saturated rings. The Labute approximate surface area is 205 Å². The maximum absolute atomic E-state index is 12.1. The first-order valence-corrected chi connectivity index (χ1v) is 10.9. The highest BCUT2D eigenvalue weighted by molar-refractivity contribution is 6.53. The summed E-state index contributed by atoms with van der Waals surface area (Å²) in [6.07, 6.45) is -3.22. The van der Waals surface area contributed by atoms with Crippen molar-refractivity contribution in [1.82, 2.24) is 10.6 Å². The van der Waals surface area contributed by atoms with Gasteiger partial charge >= 0.3 is 5.97 Å². The normalized spacial score (nSPS) is 14.1. The Balaban J connectivity index is 2.72. The van der Waals surface area contributed by atoms with Gasteiger partial charge in [-0.25, -0.2) is 0 Å². The number of aliphatic hydroxyl groups is 3. The standard InChI is InChI=1S/C20H27Cl2N3O9/c1-20(2,10-26)16(29)18(30)23-8-7-14(27)34-9-13(24-19(31)17(21)22)15(28)11-3-5-12(6-4-11)25(32)33/h3-6,13,15-17,26,28-29H,7-10H2,1-2H3,(H,23,30)(H,24,31)/t13-,15-,16+/m1/s1. The number of ether oxygens (including phenoxy) is 1. The number of carbonyl (C=O) groups excluding carboxylic acids is 3. The van der Waals surface area contributed by atoms with Crippen molar-refractivity contribution in [3.63, 3.8) is 0 Å². The number of carbonyl (C=O) groups is 3. The van der Waals surface area contributed by atoms with Gasteiger partial charge in [0.1, 0.15) is 18.8 Å². The molecule has 1 rings (SSSR count). The first kappa shape index (κ1) is 29.5. The van der Waals surface area contributed by atoms with Crippen molar-refractivity contribution in [2.75, 3.05) is 19.8 Å². The minimum atomic E-state index is -1.50. The van der Waals surface area contributed by atoms with Crippen LogP contribution in [0, 0.1) is 15.5 Å². The summed E-state index contributed by atoms with van der Waals surface area (Å²) < 4.78 is 5.06. The molecule has 5 N–H and O–H groups in total. The Morgan fingerprint density at radius 1 is 1.15 bits per heavy atom. The van der Waals surface area contributed by atoms with Crippen molar-refractivity contribution in [3.8, 4) is 0 Å². The molecule has 12 nitrogen and oxygen atoms in total. The molecule has 34 heavy (non-hydrogen) atoms. The molecule has 190 valence electrons. The lowest BCUT2D eigenvalue weighted by Crippen LogP contribution is -2.46. The minimum absolute atomic E-state index is 0.177. The molecular weight excluding hydrogens is 497 g/mol. The summed E-state index contributed by atoms with van der Waals surface area (Å²) in [4.78, 5) is 44.6. The van der Waals surface area contributed by atoms with E-state index in [2.05, 4.69) is 10.6 Å². The number of nitro groups is 1. The third-order valence-corrected chi connectivity index (χ3v) is 5.20. The van der Waals surface area contributed by atoms with Crippen molar-refractivity contribution in [2.45, 2.75) is 43.4 Å². The number of alkyl halides is 2. The summed E-state index contributed by atoms with van der Waals surface area (Å²) in [6, 6.07) is 3.67. The lowest BCUT2D eigenvalue weighted by atomic mass is 9.87. The predicted molar refractivity (Wildman–Crippen MR) is 121 cm³/mol. The third kappa shape index (κ3) is 9.03. The highest BCUT2D eigenvalue weighted by Crippen LogP contribution is 2.22. The molecule has 3 atom stereocenters. The molecule has 0 aliphatic heterocycles. The number of rotatable bonds is 13. The Morgan fingerprint density at radius 2 is 1.74 bits per heavy atom. The summed E-state index contributed by atoms with van der Waals surface area (Å²) in [7, 11) is 0. The Hall–Kier alpha value is -2.51. The Bertz CT molecular complexity index is 865. The fraction of sp³-hybridized carbons (Fsp3) is 0.550. The number of nitrogens with one attached hydrogen (secondary N) is 2. The van der Waals surface area contributed by atoms with Gasteiger partial charge in [0.05, 0.1) is 24.0 Å². The fourth-order valence-electron chi connectivity index (χ4n) is 2.56. The number of nitrogens with zero attached hydrogens (tertiary/aromatic N) is 1. The van der Waals surface area contributed by atoms with Crippen LogP contribution < -0.4 is 10.6 Å². The zero-order chi connectivity index (χ0) is 26.1. The number of esters is 1. The second kappa shape index (κ2) is 13.4. The number of benzene rings is 1. The molecule has 0 saturated carbocycles. The first-order chi connectivity index (χ1) is 15.8. The molecule has 0 saturated heterocycles. The lowest BCUT2D eigenvalue weighted by Gasteiger charge is -2.27. The van der Waals surface area contributed by atoms with Crippen LogP contribution in [0.2, 0.25) is 0 Å². The van der Waals surface area contributed by atoms with E-state index in [0.717, 1.165) is 12.1 Å². The second-order valence-corrected chi connectivity index (χ2v) is 9.08. The van der Waals surface area contributed by atoms with Crippen LogP contribution in [0.4, 0.5) is 5.69 Å². The number of amides is 2. The molecule has 0 spiro atoms. The molecule has 0 unspecified atom stereocenters. The van der Waals surface area contributed by atoms with E-state index in [1.807, 2.05) is 0 Å². The molecular formula is C20H27Cl2N3O9. The summed E-state index contributed by atoms with van der Waals surface area (Å²) >= 11 is 11.0. The smallest absolute Gasteiger partial charge is 0.307 e. The average molecular weight is 524 g/mol. The van der Waals surface area contributed by atoms with Gasteiger partial charge in [0.2, 0.25) is 5.91 Å². The van der Waals surface area contributed by atoms with Crippen LogP contribution >= 0.6 is 23.2 Å². The van der Waals surface area contributed by atoms with E-state index in [0.29, 0.717) is 0 Å². The largest absolute Gasteiger partial charge is 0.463 e. The van der Waals surface area contributed by atoms with Gasteiger partial charge in [0, 0.05) is 24.1 Å². The van der Waals surface area contributed by atoms with E-state index in [4.69, 9.17) is 27.9 Å². The second-order valence-electron chi connectivity index (χ2n) is 7.98. The van der Waals surface area contributed by atoms with Crippen molar-refractivity contribution in [3.05, 3.63) is 39.9 Å². The summed E-state index contributed by atoms with van der Waals surface area (Å²) in [5.41, 5.74) is -1.09. The lowest BCUT2D eigenvalue weighted by molar-refractivity contribution is -0.384. The Morgan fingerprint density at radius 3 is 2.24 bits per heavy atom. The van der Waals surface area contributed by atoms with Crippen molar-refractivity contribution in [1.29, 1.82) is 0 Å². The van der Waals surface area contributed by atoms with Crippen molar-refractivity contribution in [2.24, 2.45) is 5.41 Å². The minimum Gasteiger partial charge on any atom is -0.463 e. The zero-order valence-corrected chi connectivity index (χ0v) is 20.0. The van der Waals surface area contributed by atoms with Crippen LogP contribution in [0.25, 0.3) is 0 Å². The summed E-state index contributed by atoms with van der Waals surface area (Å²) in [5.74, 6) is -2.43. The van der Waals surface area contributed by atoms with Crippen LogP contribution in [0.15, 0.2) is 24.3 Å². The highest BCUT2D eigenvalue weighted by Gasteiger charge is 2.33. The molecule has 0 bridgehead atoms. The monoisotopic (exact) mass is 523 g/mol. The molecule has 1 aromatic carbocycles. The predicted octanol–water partition coefficient (Wildman–Crippen LogP) is 0.346. The van der Waals surface area contributed by atoms with E-state index >= 15 is 0 Å². The van der Waals surface area contributed by atoms with Crippen LogP contribution in [0.1, 0.15) is 31.9 Å².